The Kier molecular flexibility index (Phi) is 6.96. The van der Waals surface area contributed by atoms with Crippen LogP contribution in [-0.4, -0.2) is 52.0 Å². The van der Waals surface area contributed by atoms with E-state index in [2.05, 4.69) is 24.0 Å². The van der Waals surface area contributed by atoms with Crippen molar-refractivity contribution in [1.29, 1.82) is 0 Å². The number of aryl methyl sites for hydroxylation is 1. The first-order chi connectivity index (χ1) is 13.2. The maximum Gasteiger partial charge on any atom is 0.129 e. The highest BCUT2D eigenvalue weighted by molar-refractivity contribution is 5.42. The average Bonchev–Trinajstić information content (AvgIpc) is 2.72. The molecule has 1 aliphatic heterocycles. The van der Waals surface area contributed by atoms with Gasteiger partial charge in [0.25, 0.3) is 0 Å². The molecule has 1 heterocycles. The normalized spacial score (nSPS) is 16.0. The van der Waals surface area contributed by atoms with Crippen molar-refractivity contribution in [3.63, 3.8) is 0 Å². The largest absolute Gasteiger partial charge is 0.497 e. The van der Waals surface area contributed by atoms with Crippen LogP contribution in [0.15, 0.2) is 42.5 Å². The van der Waals surface area contributed by atoms with E-state index in [9.17, 15) is 0 Å². The van der Waals surface area contributed by atoms with Crippen LogP contribution in [0.5, 0.6) is 17.2 Å². The number of nitrogens with zero attached hydrogens (tertiary/aromatic N) is 1. The van der Waals surface area contributed by atoms with Crippen LogP contribution in [0.3, 0.4) is 0 Å². The SMILES string of the molecule is COc1ccc(OC)c(C(CCN2CCOCC2)Oc2ccc(C)cc2)c1. The summed E-state index contributed by atoms with van der Waals surface area (Å²) in [5.74, 6) is 2.47. The molecule has 1 fully saturated rings. The Labute approximate surface area is 161 Å². The molecule has 0 bridgehead atoms. The van der Waals surface area contributed by atoms with Crippen LogP contribution in [0.1, 0.15) is 23.7 Å². The third-order valence-electron chi connectivity index (χ3n) is 4.89. The lowest BCUT2D eigenvalue weighted by Crippen LogP contribution is -2.37. The van der Waals surface area contributed by atoms with Crippen LogP contribution in [0.2, 0.25) is 0 Å². The predicted molar refractivity (Wildman–Crippen MR) is 106 cm³/mol. The third-order valence-corrected chi connectivity index (χ3v) is 4.89. The molecule has 1 aliphatic rings. The van der Waals surface area contributed by atoms with Gasteiger partial charge in [0.1, 0.15) is 23.4 Å². The van der Waals surface area contributed by atoms with Gasteiger partial charge in [-0.05, 0) is 37.3 Å². The van der Waals surface area contributed by atoms with Gasteiger partial charge in [0.05, 0.1) is 27.4 Å². The Bertz CT molecular complexity index is 711. The van der Waals surface area contributed by atoms with Crippen LogP contribution < -0.4 is 14.2 Å². The highest BCUT2D eigenvalue weighted by Gasteiger charge is 2.21. The molecule has 0 amide bonds. The zero-order valence-electron chi connectivity index (χ0n) is 16.4. The quantitative estimate of drug-likeness (QED) is 0.705. The number of rotatable bonds is 8. The van der Waals surface area contributed by atoms with Crippen molar-refractivity contribution in [1.82, 2.24) is 4.90 Å². The minimum Gasteiger partial charge on any atom is -0.497 e. The molecule has 1 saturated heterocycles. The molecule has 5 nitrogen and oxygen atoms in total. The topological polar surface area (TPSA) is 40.2 Å². The molecule has 0 radical (unpaired) electrons. The minimum absolute atomic E-state index is 0.124. The summed E-state index contributed by atoms with van der Waals surface area (Å²) in [6, 6.07) is 14.0. The Morgan fingerprint density at radius 2 is 1.67 bits per heavy atom. The summed E-state index contributed by atoms with van der Waals surface area (Å²) in [7, 11) is 3.37. The van der Waals surface area contributed by atoms with Crippen LogP contribution >= 0.6 is 0 Å². The van der Waals surface area contributed by atoms with Gasteiger partial charge in [0.15, 0.2) is 0 Å². The van der Waals surface area contributed by atoms with Gasteiger partial charge in [0, 0.05) is 31.6 Å². The molecule has 146 valence electrons. The van der Waals surface area contributed by atoms with E-state index in [0.29, 0.717) is 0 Å². The highest BCUT2D eigenvalue weighted by atomic mass is 16.5. The monoisotopic (exact) mass is 371 g/mol. The first-order valence-corrected chi connectivity index (χ1v) is 9.45. The molecule has 0 saturated carbocycles. The Balaban J connectivity index is 1.82. The van der Waals surface area contributed by atoms with Crippen molar-refractivity contribution in [2.24, 2.45) is 0 Å². The highest BCUT2D eigenvalue weighted by Crippen LogP contribution is 2.34. The Morgan fingerprint density at radius 1 is 0.963 bits per heavy atom. The maximum atomic E-state index is 6.40. The van der Waals surface area contributed by atoms with Gasteiger partial charge < -0.3 is 18.9 Å². The molecule has 3 rings (SSSR count). The number of benzene rings is 2. The van der Waals surface area contributed by atoms with Gasteiger partial charge in [-0.3, -0.25) is 4.90 Å². The maximum absolute atomic E-state index is 6.40. The third kappa shape index (κ3) is 5.37. The summed E-state index contributed by atoms with van der Waals surface area (Å²) in [4.78, 5) is 2.42. The minimum atomic E-state index is -0.124. The molecule has 27 heavy (non-hydrogen) atoms. The van der Waals surface area contributed by atoms with E-state index < -0.39 is 0 Å². The summed E-state index contributed by atoms with van der Waals surface area (Å²) in [5, 5.41) is 0. The zero-order valence-corrected chi connectivity index (χ0v) is 16.4. The van der Waals surface area contributed by atoms with Crippen molar-refractivity contribution < 1.29 is 18.9 Å². The second kappa shape index (κ2) is 9.62. The summed E-state index contributed by atoms with van der Waals surface area (Å²) >= 11 is 0. The Morgan fingerprint density at radius 3 is 2.33 bits per heavy atom. The van der Waals surface area contributed by atoms with E-state index in [1.165, 1.54) is 5.56 Å². The lowest BCUT2D eigenvalue weighted by atomic mass is 10.0. The van der Waals surface area contributed by atoms with Gasteiger partial charge in [-0.15, -0.1) is 0 Å². The molecule has 1 atom stereocenters. The lowest BCUT2D eigenvalue weighted by Gasteiger charge is -2.29. The predicted octanol–water partition coefficient (Wildman–Crippen LogP) is 3.85. The standard InChI is InChI=1S/C22H29NO4/c1-17-4-6-18(7-5-17)27-22(10-11-23-12-14-26-15-13-23)20-16-19(24-2)8-9-21(20)25-3/h4-9,16,22H,10-15H2,1-3H3. The molecule has 2 aromatic rings. The van der Waals surface area contributed by atoms with Crippen molar-refractivity contribution in [3.05, 3.63) is 53.6 Å². The zero-order chi connectivity index (χ0) is 19.1. The van der Waals surface area contributed by atoms with Crippen LogP contribution in [0, 0.1) is 6.92 Å². The summed E-state index contributed by atoms with van der Waals surface area (Å²) in [6.07, 6.45) is 0.734. The van der Waals surface area contributed by atoms with Gasteiger partial charge in [-0.1, -0.05) is 17.7 Å². The fourth-order valence-corrected chi connectivity index (χ4v) is 3.27. The molecule has 0 spiro atoms. The molecular formula is C22H29NO4. The van der Waals surface area contributed by atoms with Gasteiger partial charge >= 0.3 is 0 Å². The van der Waals surface area contributed by atoms with E-state index in [-0.39, 0.29) is 6.10 Å². The number of hydrogen-bond donors (Lipinski definition) is 0. The molecule has 0 aliphatic carbocycles. The summed E-state index contributed by atoms with van der Waals surface area (Å²) < 4.78 is 22.9. The molecule has 0 aromatic heterocycles. The van der Waals surface area contributed by atoms with E-state index >= 15 is 0 Å². The smallest absolute Gasteiger partial charge is 0.129 e. The molecule has 5 heteroatoms. The van der Waals surface area contributed by atoms with Crippen molar-refractivity contribution in [3.8, 4) is 17.2 Å². The molecular weight excluding hydrogens is 342 g/mol. The molecule has 0 N–H and O–H groups in total. The van der Waals surface area contributed by atoms with Gasteiger partial charge in [-0.2, -0.15) is 0 Å². The van der Waals surface area contributed by atoms with Crippen LogP contribution in [0.4, 0.5) is 0 Å². The van der Waals surface area contributed by atoms with Crippen molar-refractivity contribution >= 4 is 0 Å². The number of ether oxygens (including phenoxy) is 4. The summed E-state index contributed by atoms with van der Waals surface area (Å²) in [5.41, 5.74) is 2.22. The van der Waals surface area contributed by atoms with Crippen molar-refractivity contribution in [2.75, 3.05) is 47.1 Å². The van der Waals surface area contributed by atoms with Crippen molar-refractivity contribution in [2.45, 2.75) is 19.4 Å². The average molecular weight is 371 g/mol. The first kappa shape index (κ1) is 19.5. The van der Waals surface area contributed by atoms with E-state index in [1.54, 1.807) is 14.2 Å². The van der Waals surface area contributed by atoms with Crippen LogP contribution in [0.25, 0.3) is 0 Å². The molecule has 1 unspecified atom stereocenters. The number of hydrogen-bond acceptors (Lipinski definition) is 5. The summed E-state index contributed by atoms with van der Waals surface area (Å²) in [6.45, 7) is 6.54. The van der Waals surface area contributed by atoms with E-state index in [4.69, 9.17) is 18.9 Å². The number of morpholine rings is 1. The second-order valence-corrected chi connectivity index (χ2v) is 6.77. The van der Waals surface area contributed by atoms with E-state index in [1.807, 2.05) is 30.3 Å². The lowest BCUT2D eigenvalue weighted by molar-refractivity contribution is 0.0316. The van der Waals surface area contributed by atoms with Crippen LogP contribution in [-0.2, 0) is 4.74 Å². The first-order valence-electron chi connectivity index (χ1n) is 9.45. The Hall–Kier alpha value is -2.24. The molecule has 2 aromatic carbocycles. The van der Waals surface area contributed by atoms with E-state index in [0.717, 1.165) is 62.1 Å². The van der Waals surface area contributed by atoms with Gasteiger partial charge in [-0.25, -0.2) is 0 Å². The second-order valence-electron chi connectivity index (χ2n) is 6.77. The van der Waals surface area contributed by atoms with Gasteiger partial charge in [0.2, 0.25) is 0 Å². The fourth-order valence-electron chi connectivity index (χ4n) is 3.27. The fraction of sp³-hybridized carbons (Fsp3) is 0.455. The number of methoxy groups -OCH3 is 2.